The van der Waals surface area contributed by atoms with Crippen molar-refractivity contribution in [2.75, 3.05) is 6.54 Å². The molecule has 0 aliphatic heterocycles. The first kappa shape index (κ1) is 17.7. The van der Waals surface area contributed by atoms with E-state index < -0.39 is 16.0 Å². The molecule has 0 radical (unpaired) electrons. The third kappa shape index (κ3) is 3.60. The molecule has 0 spiro atoms. The zero-order chi connectivity index (χ0) is 18.2. The van der Waals surface area contributed by atoms with Crippen LogP contribution in [0.2, 0.25) is 0 Å². The number of hydrogen-bond acceptors (Lipinski definition) is 5. The van der Waals surface area contributed by atoms with Gasteiger partial charge in [-0.15, -0.1) is 11.3 Å². The number of furan rings is 1. The number of aryl methyl sites for hydroxylation is 2. The Morgan fingerprint density at radius 3 is 2.68 bits per heavy atom. The number of sulfonamides is 1. The topological polar surface area (TPSA) is 96.6 Å². The summed E-state index contributed by atoms with van der Waals surface area (Å²) in [4.78, 5) is 12.3. The molecule has 1 aromatic carbocycles. The van der Waals surface area contributed by atoms with E-state index in [1.807, 2.05) is 18.4 Å². The summed E-state index contributed by atoms with van der Waals surface area (Å²) in [5.74, 6) is -1.35. The molecular formula is C17H17NO5S2. The number of carboxylic acids is 1. The fraction of sp³-hybridized carbons (Fsp3) is 0.235. The summed E-state index contributed by atoms with van der Waals surface area (Å²) in [5.41, 5.74) is 1.93. The number of carboxylic acid groups (broad SMARTS) is 1. The van der Waals surface area contributed by atoms with E-state index in [0.29, 0.717) is 29.5 Å². The second-order valence-corrected chi connectivity index (χ2v) is 8.52. The van der Waals surface area contributed by atoms with Gasteiger partial charge in [0.25, 0.3) is 0 Å². The van der Waals surface area contributed by atoms with Crippen molar-refractivity contribution in [2.24, 2.45) is 0 Å². The maximum absolute atomic E-state index is 12.5. The number of benzene rings is 1. The maximum Gasteiger partial charge on any atom is 0.372 e. The van der Waals surface area contributed by atoms with Crippen LogP contribution in [0, 0.1) is 13.8 Å². The summed E-state index contributed by atoms with van der Waals surface area (Å²) < 4.78 is 32.8. The minimum Gasteiger partial charge on any atom is -0.475 e. The first-order valence-electron chi connectivity index (χ1n) is 7.58. The van der Waals surface area contributed by atoms with E-state index in [-0.39, 0.29) is 10.7 Å². The van der Waals surface area contributed by atoms with Crippen LogP contribution in [0.5, 0.6) is 0 Å². The van der Waals surface area contributed by atoms with Crippen LogP contribution < -0.4 is 4.72 Å². The quantitative estimate of drug-likeness (QED) is 0.685. The smallest absolute Gasteiger partial charge is 0.372 e. The molecule has 2 aromatic heterocycles. The molecule has 0 bridgehead atoms. The van der Waals surface area contributed by atoms with Gasteiger partial charge in [-0.1, -0.05) is 0 Å². The second kappa shape index (κ2) is 6.62. The molecule has 3 rings (SSSR count). The first-order chi connectivity index (χ1) is 11.8. The van der Waals surface area contributed by atoms with E-state index >= 15 is 0 Å². The molecule has 2 N–H and O–H groups in total. The molecule has 0 atom stereocenters. The predicted octanol–water partition coefficient (Wildman–Crippen LogP) is 3.33. The fourth-order valence-corrected chi connectivity index (χ4v) is 4.52. The van der Waals surface area contributed by atoms with Crippen LogP contribution >= 0.6 is 11.3 Å². The minimum atomic E-state index is -3.68. The van der Waals surface area contributed by atoms with Crippen molar-refractivity contribution in [1.82, 2.24) is 4.72 Å². The Labute approximate surface area is 149 Å². The first-order valence-corrected chi connectivity index (χ1v) is 9.94. The van der Waals surface area contributed by atoms with Gasteiger partial charge in [-0.25, -0.2) is 17.9 Å². The van der Waals surface area contributed by atoms with Crippen molar-refractivity contribution in [1.29, 1.82) is 0 Å². The molecule has 0 saturated heterocycles. The van der Waals surface area contributed by atoms with Crippen molar-refractivity contribution in [3.05, 3.63) is 51.4 Å². The van der Waals surface area contributed by atoms with Gasteiger partial charge in [0.15, 0.2) is 0 Å². The van der Waals surface area contributed by atoms with Gasteiger partial charge in [-0.3, -0.25) is 0 Å². The highest BCUT2D eigenvalue weighted by Gasteiger charge is 2.20. The lowest BCUT2D eigenvalue weighted by Crippen LogP contribution is -2.25. The molecule has 0 aliphatic rings. The monoisotopic (exact) mass is 379 g/mol. The number of nitrogens with one attached hydrogen (secondary N) is 1. The average molecular weight is 379 g/mol. The largest absolute Gasteiger partial charge is 0.475 e. The Kier molecular flexibility index (Phi) is 4.68. The molecule has 0 unspecified atom stereocenters. The Balaban J connectivity index is 1.81. The van der Waals surface area contributed by atoms with Crippen molar-refractivity contribution in [3.63, 3.8) is 0 Å². The van der Waals surface area contributed by atoms with Gasteiger partial charge in [0.2, 0.25) is 15.8 Å². The third-order valence-corrected chi connectivity index (χ3v) is 6.43. The highest BCUT2D eigenvalue weighted by Crippen LogP contribution is 2.27. The fourth-order valence-electron chi connectivity index (χ4n) is 2.58. The summed E-state index contributed by atoms with van der Waals surface area (Å²) in [6.07, 6.45) is 0.619. The molecule has 132 valence electrons. The Morgan fingerprint density at radius 1 is 1.28 bits per heavy atom. The van der Waals surface area contributed by atoms with Crippen LogP contribution in [0.4, 0.5) is 0 Å². The second-order valence-electron chi connectivity index (χ2n) is 5.76. The molecule has 8 heteroatoms. The highest BCUT2D eigenvalue weighted by atomic mass is 32.2. The van der Waals surface area contributed by atoms with E-state index in [4.69, 9.17) is 9.52 Å². The van der Waals surface area contributed by atoms with Crippen LogP contribution in [-0.4, -0.2) is 26.0 Å². The van der Waals surface area contributed by atoms with Gasteiger partial charge in [0, 0.05) is 22.4 Å². The summed E-state index contributed by atoms with van der Waals surface area (Å²) in [6, 6.07) is 6.37. The van der Waals surface area contributed by atoms with Gasteiger partial charge in [0.05, 0.1) is 4.90 Å². The number of rotatable bonds is 6. The lowest BCUT2D eigenvalue weighted by atomic mass is 10.1. The number of hydrogen-bond donors (Lipinski definition) is 2. The van der Waals surface area contributed by atoms with Crippen molar-refractivity contribution >= 4 is 38.3 Å². The van der Waals surface area contributed by atoms with Gasteiger partial charge in [-0.05, 0) is 55.5 Å². The highest BCUT2D eigenvalue weighted by molar-refractivity contribution is 7.89. The standard InChI is InChI=1S/C17H17NO5S2/c1-10-7-12(24-9-10)5-6-18-25(21,22)13-3-4-15-14(8-13)11(2)16(23-15)17(19)20/h3-4,7-9,18H,5-6H2,1-2H3,(H,19,20). The van der Waals surface area contributed by atoms with Crippen LogP contribution in [0.3, 0.4) is 0 Å². The lowest BCUT2D eigenvalue weighted by molar-refractivity contribution is 0.0664. The molecule has 0 saturated carbocycles. The molecule has 2 heterocycles. The van der Waals surface area contributed by atoms with Crippen LogP contribution in [0.25, 0.3) is 11.0 Å². The summed E-state index contributed by atoms with van der Waals surface area (Å²) in [5, 5.41) is 11.6. The van der Waals surface area contributed by atoms with Crippen molar-refractivity contribution in [2.45, 2.75) is 25.2 Å². The molecule has 25 heavy (non-hydrogen) atoms. The average Bonchev–Trinajstić information content (AvgIpc) is 3.11. The zero-order valence-corrected chi connectivity index (χ0v) is 15.3. The van der Waals surface area contributed by atoms with E-state index in [0.717, 1.165) is 10.4 Å². The molecule has 0 fully saturated rings. The number of aromatic carboxylic acids is 1. The third-order valence-electron chi connectivity index (χ3n) is 3.86. The van der Waals surface area contributed by atoms with E-state index in [9.17, 15) is 13.2 Å². The van der Waals surface area contributed by atoms with Gasteiger partial charge in [-0.2, -0.15) is 0 Å². The maximum atomic E-state index is 12.5. The van der Waals surface area contributed by atoms with Crippen LogP contribution in [0.1, 0.15) is 26.6 Å². The molecule has 3 aromatic rings. The predicted molar refractivity (Wildman–Crippen MR) is 95.9 cm³/mol. The number of fused-ring (bicyclic) bond motifs is 1. The van der Waals surface area contributed by atoms with E-state index in [1.165, 1.54) is 18.2 Å². The SMILES string of the molecule is Cc1csc(CCNS(=O)(=O)c2ccc3oc(C(=O)O)c(C)c3c2)c1. The normalized spacial score (nSPS) is 11.9. The summed E-state index contributed by atoms with van der Waals surface area (Å²) in [7, 11) is -3.68. The lowest BCUT2D eigenvalue weighted by Gasteiger charge is -2.06. The Bertz CT molecular complexity index is 1050. The number of carbonyl (C=O) groups is 1. The van der Waals surface area contributed by atoms with Gasteiger partial charge < -0.3 is 9.52 Å². The minimum absolute atomic E-state index is 0.0863. The van der Waals surface area contributed by atoms with Crippen molar-refractivity contribution in [3.8, 4) is 0 Å². The molecule has 6 nitrogen and oxygen atoms in total. The van der Waals surface area contributed by atoms with Gasteiger partial charge in [0.1, 0.15) is 5.58 Å². The van der Waals surface area contributed by atoms with Crippen LogP contribution in [-0.2, 0) is 16.4 Å². The van der Waals surface area contributed by atoms with Crippen molar-refractivity contribution < 1.29 is 22.7 Å². The van der Waals surface area contributed by atoms with E-state index in [2.05, 4.69) is 4.72 Å². The van der Waals surface area contributed by atoms with Gasteiger partial charge >= 0.3 is 5.97 Å². The molecule has 0 aliphatic carbocycles. The van der Waals surface area contributed by atoms with Crippen LogP contribution in [0.15, 0.2) is 39.0 Å². The van der Waals surface area contributed by atoms with E-state index in [1.54, 1.807) is 18.3 Å². The summed E-state index contributed by atoms with van der Waals surface area (Å²) >= 11 is 1.60. The molecule has 0 amide bonds. The zero-order valence-electron chi connectivity index (χ0n) is 13.7. The Morgan fingerprint density at radius 2 is 2.04 bits per heavy atom. The number of thiophene rings is 1. The Hall–Kier alpha value is -2.16. The summed E-state index contributed by atoms with van der Waals surface area (Å²) in [6.45, 7) is 3.89. The molecular weight excluding hydrogens is 362 g/mol.